The number of para-hydroxylation sites is 3. The highest BCUT2D eigenvalue weighted by Crippen LogP contribution is 2.21. The van der Waals surface area contributed by atoms with E-state index >= 15 is 0 Å². The fourth-order valence-electron chi connectivity index (χ4n) is 3.22. The Morgan fingerprint density at radius 1 is 1.00 bits per heavy atom. The summed E-state index contributed by atoms with van der Waals surface area (Å²) < 4.78 is 2.14. The minimum absolute atomic E-state index is 0.237. The molecule has 0 atom stereocenters. The summed E-state index contributed by atoms with van der Waals surface area (Å²) in [5, 5.41) is 6.01. The molecule has 29 heavy (non-hydrogen) atoms. The molecule has 0 saturated carbocycles. The lowest BCUT2D eigenvalue weighted by molar-refractivity contribution is 0.0948. The fraction of sp³-hybridized carbons (Fsp3) is 0.182. The highest BCUT2D eigenvalue weighted by atomic mass is 16.1. The molecule has 0 bridgehead atoms. The predicted octanol–water partition coefficient (Wildman–Crippen LogP) is 4.08. The fourth-order valence-corrected chi connectivity index (χ4v) is 3.22. The van der Waals surface area contributed by atoms with E-state index in [2.05, 4.69) is 44.0 Å². The topological polar surface area (TPSA) is 84.7 Å². The molecule has 0 fully saturated rings. The first-order chi connectivity index (χ1) is 14.1. The molecular formula is C22H22N6O. The third kappa shape index (κ3) is 4.08. The largest absolute Gasteiger partial charge is 0.345 e. The Balaban J connectivity index is 1.45. The van der Waals surface area contributed by atoms with Gasteiger partial charge in [-0.05, 0) is 38.1 Å². The average molecular weight is 386 g/mol. The van der Waals surface area contributed by atoms with Gasteiger partial charge in [0.1, 0.15) is 5.82 Å². The van der Waals surface area contributed by atoms with Crippen LogP contribution in [0.1, 0.15) is 36.1 Å². The molecule has 0 unspecified atom stereocenters. The number of carbonyl (C=O) groups excluding carboxylic acids is 1. The van der Waals surface area contributed by atoms with Crippen molar-refractivity contribution in [3.63, 3.8) is 0 Å². The quantitative estimate of drug-likeness (QED) is 0.522. The number of amides is 1. The standard InChI is InChI=1S/C22H22N6O/c1-15(2)28-19-11-7-6-10-18(19)27-20(28)14-23-21(29)16-12-24-22(25-13-16)26-17-8-4-3-5-9-17/h3-13,15H,14H2,1-2H3,(H,23,29)(H,24,25,26). The van der Waals surface area contributed by atoms with Crippen molar-refractivity contribution in [2.75, 3.05) is 5.32 Å². The van der Waals surface area contributed by atoms with Gasteiger partial charge in [-0.2, -0.15) is 0 Å². The molecular weight excluding hydrogens is 364 g/mol. The zero-order chi connectivity index (χ0) is 20.2. The number of fused-ring (bicyclic) bond motifs is 1. The van der Waals surface area contributed by atoms with Crippen molar-refractivity contribution < 1.29 is 4.79 Å². The summed E-state index contributed by atoms with van der Waals surface area (Å²) in [4.78, 5) is 25.7. The average Bonchev–Trinajstić information content (AvgIpc) is 3.12. The second-order valence-electron chi connectivity index (χ2n) is 6.95. The Labute approximate surface area is 168 Å². The van der Waals surface area contributed by atoms with Gasteiger partial charge in [0, 0.05) is 24.1 Å². The van der Waals surface area contributed by atoms with Gasteiger partial charge < -0.3 is 15.2 Å². The molecule has 0 aliphatic carbocycles. The monoisotopic (exact) mass is 386 g/mol. The zero-order valence-corrected chi connectivity index (χ0v) is 16.3. The highest BCUT2D eigenvalue weighted by Gasteiger charge is 2.14. The Morgan fingerprint density at radius 2 is 1.69 bits per heavy atom. The van der Waals surface area contributed by atoms with Crippen molar-refractivity contribution in [1.29, 1.82) is 0 Å². The number of nitrogens with zero attached hydrogens (tertiary/aromatic N) is 4. The Bertz CT molecular complexity index is 1120. The van der Waals surface area contributed by atoms with Crippen molar-refractivity contribution in [2.24, 2.45) is 0 Å². The van der Waals surface area contributed by atoms with E-state index in [9.17, 15) is 4.79 Å². The summed E-state index contributed by atoms with van der Waals surface area (Å²) >= 11 is 0. The molecule has 4 rings (SSSR count). The molecule has 2 N–H and O–H groups in total. The lowest BCUT2D eigenvalue weighted by atomic mass is 10.3. The Morgan fingerprint density at radius 3 is 2.41 bits per heavy atom. The van der Waals surface area contributed by atoms with Gasteiger partial charge in [0.15, 0.2) is 0 Å². The van der Waals surface area contributed by atoms with E-state index in [4.69, 9.17) is 0 Å². The number of hydrogen-bond donors (Lipinski definition) is 2. The molecule has 0 saturated heterocycles. The molecule has 2 heterocycles. The number of nitrogens with one attached hydrogen (secondary N) is 2. The van der Waals surface area contributed by atoms with Crippen LogP contribution in [-0.4, -0.2) is 25.4 Å². The van der Waals surface area contributed by atoms with Crippen molar-refractivity contribution in [3.8, 4) is 0 Å². The predicted molar refractivity (Wildman–Crippen MR) is 113 cm³/mol. The summed E-state index contributed by atoms with van der Waals surface area (Å²) in [7, 11) is 0. The van der Waals surface area contributed by atoms with Crippen molar-refractivity contribution in [2.45, 2.75) is 26.4 Å². The summed E-state index contributed by atoms with van der Waals surface area (Å²) in [5.41, 5.74) is 3.27. The number of carbonyl (C=O) groups is 1. The van der Waals surface area contributed by atoms with Crippen LogP contribution in [0.15, 0.2) is 67.0 Å². The molecule has 0 aliphatic heterocycles. The van der Waals surface area contributed by atoms with Crippen LogP contribution >= 0.6 is 0 Å². The van der Waals surface area contributed by atoms with Crippen LogP contribution in [0, 0.1) is 0 Å². The minimum Gasteiger partial charge on any atom is -0.345 e. The van der Waals surface area contributed by atoms with Gasteiger partial charge in [-0.3, -0.25) is 4.79 Å². The van der Waals surface area contributed by atoms with E-state index in [0.717, 1.165) is 22.5 Å². The number of imidazole rings is 1. The van der Waals surface area contributed by atoms with Gasteiger partial charge in [0.25, 0.3) is 5.91 Å². The molecule has 1 amide bonds. The normalized spacial score (nSPS) is 11.0. The molecule has 4 aromatic rings. The summed E-state index contributed by atoms with van der Waals surface area (Å²) in [6.07, 6.45) is 3.03. The van der Waals surface area contributed by atoms with E-state index in [0.29, 0.717) is 18.1 Å². The van der Waals surface area contributed by atoms with Crippen LogP contribution in [0.5, 0.6) is 0 Å². The highest BCUT2D eigenvalue weighted by molar-refractivity contribution is 5.93. The third-order valence-electron chi connectivity index (χ3n) is 4.54. The molecule has 7 nitrogen and oxygen atoms in total. The van der Waals surface area contributed by atoms with Crippen LogP contribution in [0.3, 0.4) is 0 Å². The molecule has 7 heteroatoms. The lowest BCUT2D eigenvalue weighted by Crippen LogP contribution is -2.25. The third-order valence-corrected chi connectivity index (χ3v) is 4.54. The summed E-state index contributed by atoms with van der Waals surface area (Å²) in [6.45, 7) is 4.53. The smallest absolute Gasteiger partial charge is 0.254 e. The molecule has 2 aromatic carbocycles. The van der Waals surface area contributed by atoms with Crippen molar-refractivity contribution >= 4 is 28.6 Å². The van der Waals surface area contributed by atoms with E-state index in [1.165, 1.54) is 12.4 Å². The molecule has 0 aliphatic rings. The van der Waals surface area contributed by atoms with Gasteiger partial charge in [-0.25, -0.2) is 15.0 Å². The summed E-state index contributed by atoms with van der Waals surface area (Å²) in [5.74, 6) is 1.02. The van der Waals surface area contributed by atoms with E-state index < -0.39 is 0 Å². The van der Waals surface area contributed by atoms with E-state index in [1.807, 2.05) is 54.6 Å². The second-order valence-corrected chi connectivity index (χ2v) is 6.95. The minimum atomic E-state index is -0.237. The van der Waals surface area contributed by atoms with Crippen molar-refractivity contribution in [3.05, 3.63) is 78.4 Å². The van der Waals surface area contributed by atoms with Crippen LogP contribution in [0.2, 0.25) is 0 Å². The number of hydrogen-bond acceptors (Lipinski definition) is 5. The molecule has 2 aromatic heterocycles. The van der Waals surface area contributed by atoms with Crippen LogP contribution < -0.4 is 10.6 Å². The number of aromatic nitrogens is 4. The SMILES string of the molecule is CC(C)n1c(CNC(=O)c2cnc(Nc3ccccc3)nc2)nc2ccccc21. The Hall–Kier alpha value is -3.74. The molecule has 0 radical (unpaired) electrons. The molecule has 146 valence electrons. The van der Waals surface area contributed by atoms with Gasteiger partial charge in [0.2, 0.25) is 5.95 Å². The van der Waals surface area contributed by atoms with E-state index in [-0.39, 0.29) is 11.9 Å². The molecule has 0 spiro atoms. The van der Waals surface area contributed by atoms with Gasteiger partial charge in [-0.15, -0.1) is 0 Å². The van der Waals surface area contributed by atoms with Gasteiger partial charge in [0.05, 0.1) is 23.1 Å². The second kappa shape index (κ2) is 8.10. The van der Waals surface area contributed by atoms with Crippen LogP contribution in [-0.2, 0) is 6.54 Å². The van der Waals surface area contributed by atoms with E-state index in [1.54, 1.807) is 0 Å². The first-order valence-electron chi connectivity index (χ1n) is 9.50. The lowest BCUT2D eigenvalue weighted by Gasteiger charge is -2.13. The van der Waals surface area contributed by atoms with Crippen molar-refractivity contribution in [1.82, 2.24) is 24.8 Å². The first kappa shape index (κ1) is 18.6. The first-order valence-corrected chi connectivity index (χ1v) is 9.50. The Kier molecular flexibility index (Phi) is 5.20. The number of anilines is 2. The van der Waals surface area contributed by atoms with Gasteiger partial charge in [-0.1, -0.05) is 30.3 Å². The number of benzene rings is 2. The maximum atomic E-state index is 12.5. The maximum absolute atomic E-state index is 12.5. The van der Waals surface area contributed by atoms with Crippen LogP contribution in [0.4, 0.5) is 11.6 Å². The number of rotatable bonds is 6. The zero-order valence-electron chi connectivity index (χ0n) is 16.3. The van der Waals surface area contributed by atoms with Gasteiger partial charge >= 0.3 is 0 Å². The van der Waals surface area contributed by atoms with Crippen LogP contribution in [0.25, 0.3) is 11.0 Å². The maximum Gasteiger partial charge on any atom is 0.254 e. The summed E-state index contributed by atoms with van der Waals surface area (Å²) in [6, 6.07) is 17.8.